The molecule has 0 amide bonds. The Morgan fingerprint density at radius 2 is 2.17 bits per heavy atom. The third-order valence-electron chi connectivity index (χ3n) is 3.75. The lowest BCUT2D eigenvalue weighted by atomic mass is 9.81. The minimum atomic E-state index is 0.356. The van der Waals surface area contributed by atoms with Gasteiger partial charge in [0.15, 0.2) is 0 Å². The van der Waals surface area contributed by atoms with E-state index in [0.29, 0.717) is 12.1 Å². The molecule has 0 aromatic rings. The Morgan fingerprint density at radius 3 is 2.75 bits per heavy atom. The van der Waals surface area contributed by atoms with Crippen LogP contribution in [0.3, 0.4) is 0 Å². The zero-order valence-corrected chi connectivity index (χ0v) is 7.84. The number of hydrogen-bond donors (Lipinski definition) is 2. The van der Waals surface area contributed by atoms with Gasteiger partial charge in [0.2, 0.25) is 0 Å². The minimum Gasteiger partial charge on any atom is -0.396 e. The summed E-state index contributed by atoms with van der Waals surface area (Å²) >= 11 is 0. The van der Waals surface area contributed by atoms with Crippen molar-refractivity contribution < 1.29 is 5.11 Å². The van der Waals surface area contributed by atoms with Crippen LogP contribution in [0.1, 0.15) is 32.6 Å². The van der Waals surface area contributed by atoms with Crippen LogP contribution >= 0.6 is 0 Å². The molecule has 2 atom stereocenters. The maximum atomic E-state index is 8.93. The SMILES string of the molecule is CC1(C2CC2)NCCC1CCO. The fraction of sp³-hybridized carbons (Fsp3) is 1.00. The molecule has 70 valence electrons. The van der Waals surface area contributed by atoms with Crippen molar-refractivity contribution in [1.82, 2.24) is 5.32 Å². The van der Waals surface area contributed by atoms with Gasteiger partial charge in [-0.2, -0.15) is 0 Å². The molecule has 0 bridgehead atoms. The quantitative estimate of drug-likeness (QED) is 0.664. The smallest absolute Gasteiger partial charge is 0.0434 e. The molecule has 0 aromatic carbocycles. The van der Waals surface area contributed by atoms with Gasteiger partial charge in [0, 0.05) is 12.1 Å². The van der Waals surface area contributed by atoms with E-state index in [4.69, 9.17) is 5.11 Å². The predicted molar refractivity (Wildman–Crippen MR) is 48.9 cm³/mol. The van der Waals surface area contributed by atoms with Gasteiger partial charge < -0.3 is 10.4 Å². The van der Waals surface area contributed by atoms with Gasteiger partial charge >= 0.3 is 0 Å². The second kappa shape index (κ2) is 3.00. The van der Waals surface area contributed by atoms with Crippen molar-refractivity contribution in [1.29, 1.82) is 0 Å². The monoisotopic (exact) mass is 169 g/mol. The molecule has 2 fully saturated rings. The molecule has 2 rings (SSSR count). The highest BCUT2D eigenvalue weighted by atomic mass is 16.3. The van der Waals surface area contributed by atoms with Crippen molar-refractivity contribution in [2.24, 2.45) is 11.8 Å². The van der Waals surface area contributed by atoms with Crippen molar-refractivity contribution in [3.63, 3.8) is 0 Å². The number of hydrogen-bond acceptors (Lipinski definition) is 2. The van der Waals surface area contributed by atoms with Gasteiger partial charge in [-0.3, -0.25) is 0 Å². The van der Waals surface area contributed by atoms with E-state index in [0.717, 1.165) is 24.8 Å². The molecule has 0 aromatic heterocycles. The molecular formula is C10H19NO. The first-order chi connectivity index (χ1) is 5.77. The van der Waals surface area contributed by atoms with Crippen LogP contribution in [0.15, 0.2) is 0 Å². The van der Waals surface area contributed by atoms with Gasteiger partial charge in [0.1, 0.15) is 0 Å². The Kier molecular flexibility index (Phi) is 2.13. The van der Waals surface area contributed by atoms with E-state index in [2.05, 4.69) is 12.2 Å². The Bertz CT molecular complexity index is 167. The summed E-state index contributed by atoms with van der Waals surface area (Å²) in [4.78, 5) is 0. The molecule has 1 aliphatic heterocycles. The summed E-state index contributed by atoms with van der Waals surface area (Å²) in [5.74, 6) is 1.62. The number of aliphatic hydroxyl groups is 1. The van der Waals surface area contributed by atoms with Crippen LogP contribution in [0, 0.1) is 11.8 Å². The molecule has 1 saturated heterocycles. The van der Waals surface area contributed by atoms with Gasteiger partial charge in [0.25, 0.3) is 0 Å². The van der Waals surface area contributed by atoms with Crippen LogP contribution in [0.2, 0.25) is 0 Å². The zero-order chi connectivity index (χ0) is 8.60. The summed E-state index contributed by atoms with van der Waals surface area (Å²) in [6, 6.07) is 0. The average Bonchev–Trinajstić information content (AvgIpc) is 2.82. The normalized spacial score (nSPS) is 42.0. The molecule has 0 spiro atoms. The highest BCUT2D eigenvalue weighted by Crippen LogP contribution is 2.47. The van der Waals surface area contributed by atoms with Gasteiger partial charge in [-0.05, 0) is 51.0 Å². The molecule has 12 heavy (non-hydrogen) atoms. The first-order valence-electron chi connectivity index (χ1n) is 5.13. The maximum absolute atomic E-state index is 8.93. The summed E-state index contributed by atoms with van der Waals surface area (Å²) < 4.78 is 0. The minimum absolute atomic E-state index is 0.356. The van der Waals surface area contributed by atoms with Gasteiger partial charge in [-0.1, -0.05) is 0 Å². The van der Waals surface area contributed by atoms with Crippen LogP contribution in [0.4, 0.5) is 0 Å². The predicted octanol–water partition coefficient (Wildman–Crippen LogP) is 1.15. The van der Waals surface area contributed by atoms with Crippen LogP contribution in [-0.4, -0.2) is 23.8 Å². The second-order valence-corrected chi connectivity index (χ2v) is 4.48. The zero-order valence-electron chi connectivity index (χ0n) is 7.84. The highest BCUT2D eigenvalue weighted by Gasteiger charge is 2.48. The molecule has 1 saturated carbocycles. The van der Waals surface area contributed by atoms with Gasteiger partial charge in [-0.25, -0.2) is 0 Å². The summed E-state index contributed by atoms with van der Waals surface area (Å²) in [5, 5.41) is 12.6. The summed E-state index contributed by atoms with van der Waals surface area (Å²) in [6.45, 7) is 3.85. The van der Waals surface area contributed by atoms with Crippen molar-refractivity contribution in [2.75, 3.05) is 13.2 Å². The fourth-order valence-corrected chi connectivity index (χ4v) is 2.72. The molecule has 2 aliphatic rings. The summed E-state index contributed by atoms with van der Waals surface area (Å²) in [5.41, 5.74) is 0.364. The first kappa shape index (κ1) is 8.52. The number of aliphatic hydroxyl groups excluding tert-OH is 1. The highest BCUT2D eigenvalue weighted by molar-refractivity contribution is 5.05. The van der Waals surface area contributed by atoms with Crippen molar-refractivity contribution in [3.05, 3.63) is 0 Å². The molecule has 2 nitrogen and oxygen atoms in total. The Balaban J connectivity index is 2.01. The lowest BCUT2D eigenvalue weighted by molar-refractivity contribution is 0.196. The van der Waals surface area contributed by atoms with Crippen molar-refractivity contribution in [3.8, 4) is 0 Å². The van der Waals surface area contributed by atoms with E-state index in [-0.39, 0.29) is 0 Å². The van der Waals surface area contributed by atoms with Gasteiger partial charge in [0.05, 0.1) is 0 Å². The second-order valence-electron chi connectivity index (χ2n) is 4.48. The van der Waals surface area contributed by atoms with Crippen molar-refractivity contribution >= 4 is 0 Å². The van der Waals surface area contributed by atoms with E-state index < -0.39 is 0 Å². The summed E-state index contributed by atoms with van der Waals surface area (Å²) in [7, 11) is 0. The Hall–Kier alpha value is -0.0800. The number of nitrogens with one attached hydrogen (secondary N) is 1. The standard InChI is InChI=1S/C10H19NO/c1-10(8-2-3-8)9(5-7-12)4-6-11-10/h8-9,11-12H,2-7H2,1H3. The molecular weight excluding hydrogens is 150 g/mol. The topological polar surface area (TPSA) is 32.3 Å². The maximum Gasteiger partial charge on any atom is 0.0434 e. The van der Waals surface area contributed by atoms with Gasteiger partial charge in [-0.15, -0.1) is 0 Å². The third-order valence-corrected chi connectivity index (χ3v) is 3.75. The Labute approximate surface area is 74.4 Å². The average molecular weight is 169 g/mol. The van der Waals surface area contributed by atoms with E-state index in [1.54, 1.807) is 0 Å². The molecule has 2 heteroatoms. The Morgan fingerprint density at radius 1 is 1.42 bits per heavy atom. The first-order valence-corrected chi connectivity index (χ1v) is 5.13. The molecule has 2 N–H and O–H groups in total. The van der Waals surface area contributed by atoms with E-state index in [1.165, 1.54) is 19.3 Å². The van der Waals surface area contributed by atoms with Crippen LogP contribution in [-0.2, 0) is 0 Å². The fourth-order valence-electron chi connectivity index (χ4n) is 2.72. The van der Waals surface area contributed by atoms with Crippen LogP contribution < -0.4 is 5.32 Å². The van der Waals surface area contributed by atoms with Crippen molar-refractivity contribution in [2.45, 2.75) is 38.1 Å². The number of rotatable bonds is 3. The lowest BCUT2D eigenvalue weighted by Gasteiger charge is -2.31. The van der Waals surface area contributed by atoms with Crippen LogP contribution in [0.5, 0.6) is 0 Å². The van der Waals surface area contributed by atoms with Crippen LogP contribution in [0.25, 0.3) is 0 Å². The third kappa shape index (κ3) is 1.27. The van der Waals surface area contributed by atoms with E-state index >= 15 is 0 Å². The molecule has 2 unspecified atom stereocenters. The molecule has 1 aliphatic carbocycles. The largest absolute Gasteiger partial charge is 0.396 e. The summed E-state index contributed by atoms with van der Waals surface area (Å²) in [6.07, 6.45) is 5.03. The molecule has 0 radical (unpaired) electrons. The molecule has 1 heterocycles. The van der Waals surface area contributed by atoms with E-state index in [1.807, 2.05) is 0 Å². The lowest BCUT2D eigenvalue weighted by Crippen LogP contribution is -2.44. The van der Waals surface area contributed by atoms with E-state index in [9.17, 15) is 0 Å².